The van der Waals surface area contributed by atoms with Crippen molar-refractivity contribution in [2.75, 3.05) is 17.7 Å². The summed E-state index contributed by atoms with van der Waals surface area (Å²) in [5.41, 5.74) is 10.4. The first kappa shape index (κ1) is 17.0. The van der Waals surface area contributed by atoms with Crippen molar-refractivity contribution in [3.8, 4) is 17.0 Å². The third kappa shape index (κ3) is 4.16. The van der Waals surface area contributed by atoms with Crippen molar-refractivity contribution in [1.29, 1.82) is 0 Å². The number of aryl methyl sites for hydroxylation is 1. The molecule has 25 heavy (non-hydrogen) atoms. The topological polar surface area (TPSA) is 77.2 Å². The lowest BCUT2D eigenvalue weighted by atomic mass is 10.1. The molecule has 0 saturated heterocycles. The molecule has 6 heteroatoms. The second-order valence-corrected chi connectivity index (χ2v) is 6.57. The second kappa shape index (κ2) is 7.36. The molecule has 0 radical (unpaired) electrons. The standard InChI is InChI=1S/C19H19N3O2S/c1-12-4-3-5-16(13(12)2)21-18(23)10-24-15-8-6-14(7-9-15)17-11-25-19(20)22-17/h3-9,11H,10H2,1-2H3,(H2,20,22)(H,21,23). The zero-order valence-electron chi connectivity index (χ0n) is 14.1. The molecule has 0 aliphatic rings. The number of carbonyl (C=O) groups excluding carboxylic acids is 1. The van der Waals surface area contributed by atoms with Crippen LogP contribution in [0.2, 0.25) is 0 Å². The van der Waals surface area contributed by atoms with Gasteiger partial charge in [0.25, 0.3) is 5.91 Å². The molecule has 0 atom stereocenters. The number of hydrogen-bond acceptors (Lipinski definition) is 5. The Balaban J connectivity index is 1.58. The molecule has 0 bridgehead atoms. The minimum atomic E-state index is -0.190. The van der Waals surface area contributed by atoms with Crippen molar-refractivity contribution >= 4 is 28.1 Å². The monoisotopic (exact) mass is 353 g/mol. The maximum Gasteiger partial charge on any atom is 0.262 e. The molecule has 0 aliphatic carbocycles. The maximum atomic E-state index is 12.1. The molecule has 3 N–H and O–H groups in total. The molecule has 3 rings (SSSR count). The van der Waals surface area contributed by atoms with Gasteiger partial charge in [-0.05, 0) is 55.3 Å². The van der Waals surface area contributed by atoms with E-state index in [1.54, 1.807) is 0 Å². The molecule has 0 saturated carbocycles. The number of carbonyl (C=O) groups is 1. The van der Waals surface area contributed by atoms with E-state index >= 15 is 0 Å². The highest BCUT2D eigenvalue weighted by Crippen LogP contribution is 2.25. The predicted molar refractivity (Wildman–Crippen MR) is 102 cm³/mol. The quantitative estimate of drug-likeness (QED) is 0.726. The lowest BCUT2D eigenvalue weighted by molar-refractivity contribution is -0.118. The Morgan fingerprint density at radius 1 is 1.20 bits per heavy atom. The van der Waals surface area contributed by atoms with Gasteiger partial charge in [0.1, 0.15) is 5.75 Å². The summed E-state index contributed by atoms with van der Waals surface area (Å²) in [6, 6.07) is 13.2. The maximum absolute atomic E-state index is 12.1. The summed E-state index contributed by atoms with van der Waals surface area (Å²) in [4.78, 5) is 16.3. The van der Waals surface area contributed by atoms with E-state index in [2.05, 4.69) is 10.3 Å². The normalized spacial score (nSPS) is 10.5. The number of aromatic nitrogens is 1. The molecule has 1 aromatic heterocycles. The minimum absolute atomic E-state index is 0.0453. The van der Waals surface area contributed by atoms with Gasteiger partial charge in [-0.1, -0.05) is 12.1 Å². The molecular formula is C19H19N3O2S. The van der Waals surface area contributed by atoms with Crippen molar-refractivity contribution in [1.82, 2.24) is 4.98 Å². The van der Waals surface area contributed by atoms with Crippen LogP contribution < -0.4 is 15.8 Å². The third-order valence-electron chi connectivity index (χ3n) is 3.92. The number of nitrogens with two attached hydrogens (primary N) is 1. The Labute approximate surface area is 150 Å². The van der Waals surface area contributed by atoms with Crippen molar-refractivity contribution in [2.24, 2.45) is 0 Å². The highest BCUT2D eigenvalue weighted by atomic mass is 32.1. The molecule has 3 aromatic rings. The number of nitrogens with zero attached hydrogens (tertiary/aromatic N) is 1. The van der Waals surface area contributed by atoms with E-state index in [0.717, 1.165) is 28.1 Å². The van der Waals surface area contributed by atoms with Crippen molar-refractivity contribution < 1.29 is 9.53 Å². The van der Waals surface area contributed by atoms with Gasteiger partial charge < -0.3 is 15.8 Å². The second-order valence-electron chi connectivity index (χ2n) is 5.68. The van der Waals surface area contributed by atoms with Crippen LogP contribution in [0.15, 0.2) is 47.8 Å². The van der Waals surface area contributed by atoms with Crippen LogP contribution in [0.3, 0.4) is 0 Å². The zero-order valence-corrected chi connectivity index (χ0v) is 14.9. The van der Waals surface area contributed by atoms with Crippen LogP contribution in [0, 0.1) is 13.8 Å². The number of thiazole rings is 1. The fourth-order valence-corrected chi connectivity index (χ4v) is 2.94. The van der Waals surface area contributed by atoms with Gasteiger partial charge in [-0.3, -0.25) is 4.79 Å². The van der Waals surface area contributed by atoms with Crippen molar-refractivity contribution in [3.63, 3.8) is 0 Å². The van der Waals surface area contributed by atoms with Gasteiger partial charge in [0, 0.05) is 16.6 Å². The summed E-state index contributed by atoms with van der Waals surface area (Å²) in [6.07, 6.45) is 0. The van der Waals surface area contributed by atoms with E-state index in [0.29, 0.717) is 10.9 Å². The predicted octanol–water partition coefficient (Wildman–Crippen LogP) is 4.03. The van der Waals surface area contributed by atoms with E-state index in [4.69, 9.17) is 10.5 Å². The third-order valence-corrected chi connectivity index (χ3v) is 4.59. The largest absolute Gasteiger partial charge is 0.484 e. The highest BCUT2D eigenvalue weighted by molar-refractivity contribution is 7.13. The van der Waals surface area contributed by atoms with E-state index in [1.165, 1.54) is 11.3 Å². The average Bonchev–Trinajstić information content (AvgIpc) is 3.04. The first-order valence-electron chi connectivity index (χ1n) is 7.83. The highest BCUT2D eigenvalue weighted by Gasteiger charge is 2.08. The van der Waals surface area contributed by atoms with E-state index < -0.39 is 0 Å². The van der Waals surface area contributed by atoms with E-state index in [-0.39, 0.29) is 12.5 Å². The number of rotatable bonds is 5. The summed E-state index contributed by atoms with van der Waals surface area (Å²) >= 11 is 1.40. The fraction of sp³-hybridized carbons (Fsp3) is 0.158. The molecule has 0 spiro atoms. The fourth-order valence-electron chi connectivity index (χ4n) is 2.36. The molecule has 1 heterocycles. The number of nitrogens with one attached hydrogen (secondary N) is 1. The van der Waals surface area contributed by atoms with Gasteiger partial charge in [0.15, 0.2) is 11.7 Å². The zero-order chi connectivity index (χ0) is 17.8. The smallest absolute Gasteiger partial charge is 0.262 e. The van der Waals surface area contributed by atoms with Gasteiger partial charge in [0.05, 0.1) is 5.69 Å². The van der Waals surface area contributed by atoms with Crippen LogP contribution in [0.5, 0.6) is 5.75 Å². The van der Waals surface area contributed by atoms with Gasteiger partial charge >= 0.3 is 0 Å². The molecule has 128 valence electrons. The van der Waals surface area contributed by atoms with Crippen LogP contribution in [0.1, 0.15) is 11.1 Å². The minimum Gasteiger partial charge on any atom is -0.484 e. The van der Waals surface area contributed by atoms with Crippen molar-refractivity contribution in [3.05, 3.63) is 59.0 Å². The number of ether oxygens (including phenoxy) is 1. The summed E-state index contributed by atoms with van der Waals surface area (Å²) < 4.78 is 5.55. The number of benzene rings is 2. The number of hydrogen-bond donors (Lipinski definition) is 2. The Kier molecular flexibility index (Phi) is 5.00. The molecule has 0 aliphatic heterocycles. The number of nitrogen functional groups attached to an aromatic ring is 1. The van der Waals surface area contributed by atoms with E-state index in [1.807, 2.05) is 61.7 Å². The Morgan fingerprint density at radius 3 is 2.64 bits per heavy atom. The van der Waals surface area contributed by atoms with Crippen LogP contribution in [-0.4, -0.2) is 17.5 Å². The van der Waals surface area contributed by atoms with Gasteiger partial charge in [-0.25, -0.2) is 4.98 Å². The van der Waals surface area contributed by atoms with Crippen LogP contribution in [0.25, 0.3) is 11.3 Å². The Bertz CT molecular complexity index is 888. The summed E-state index contributed by atoms with van der Waals surface area (Å²) in [7, 11) is 0. The summed E-state index contributed by atoms with van der Waals surface area (Å²) in [5, 5.41) is 5.32. The molecule has 0 unspecified atom stereocenters. The van der Waals surface area contributed by atoms with Crippen LogP contribution in [-0.2, 0) is 4.79 Å². The lowest BCUT2D eigenvalue weighted by Gasteiger charge is -2.11. The number of amides is 1. The number of anilines is 2. The lowest BCUT2D eigenvalue weighted by Crippen LogP contribution is -2.20. The van der Waals surface area contributed by atoms with Crippen LogP contribution >= 0.6 is 11.3 Å². The average molecular weight is 353 g/mol. The van der Waals surface area contributed by atoms with Crippen molar-refractivity contribution in [2.45, 2.75) is 13.8 Å². The van der Waals surface area contributed by atoms with Gasteiger partial charge in [0.2, 0.25) is 0 Å². The molecule has 2 aromatic carbocycles. The van der Waals surface area contributed by atoms with Crippen LogP contribution in [0.4, 0.5) is 10.8 Å². The molecular weight excluding hydrogens is 334 g/mol. The Hall–Kier alpha value is -2.86. The summed E-state index contributed by atoms with van der Waals surface area (Å²) in [6.45, 7) is 3.95. The SMILES string of the molecule is Cc1cccc(NC(=O)COc2ccc(-c3csc(N)n3)cc2)c1C. The Morgan fingerprint density at radius 2 is 1.96 bits per heavy atom. The van der Waals surface area contributed by atoms with Gasteiger partial charge in [-0.15, -0.1) is 11.3 Å². The molecule has 5 nitrogen and oxygen atoms in total. The summed E-state index contributed by atoms with van der Waals surface area (Å²) in [5.74, 6) is 0.438. The van der Waals surface area contributed by atoms with E-state index in [9.17, 15) is 4.79 Å². The first-order valence-corrected chi connectivity index (χ1v) is 8.71. The first-order chi connectivity index (χ1) is 12.0. The van der Waals surface area contributed by atoms with Gasteiger partial charge in [-0.2, -0.15) is 0 Å². The molecule has 0 fully saturated rings. The molecule has 1 amide bonds.